The topological polar surface area (TPSA) is 80.0 Å². The summed E-state index contributed by atoms with van der Waals surface area (Å²) in [6.45, 7) is 2.42. The highest BCUT2D eigenvalue weighted by Crippen LogP contribution is 2.43. The number of ether oxygens (including phenoxy) is 1. The van der Waals surface area contributed by atoms with Gasteiger partial charge >= 0.3 is 0 Å². The fourth-order valence-corrected chi connectivity index (χ4v) is 4.00. The molecule has 7 nitrogen and oxygen atoms in total. The largest absolute Gasteiger partial charge is 0.481 e. The summed E-state index contributed by atoms with van der Waals surface area (Å²) >= 11 is 6.19. The second kappa shape index (κ2) is 6.74. The summed E-state index contributed by atoms with van der Waals surface area (Å²) in [5.41, 5.74) is 2.95. The Balaban J connectivity index is 1.75. The maximum atomic E-state index is 11.0. The SMILES string of the molecule is CCOC1=N[C@@H]2Nc3ccc(Cl)cc3N(C)[C@@H]2[C@H]1c1ccc([N+](=O)[O-])cc1. The highest BCUT2D eigenvalue weighted by molar-refractivity contribution is 6.31. The molecule has 0 fully saturated rings. The molecule has 2 heterocycles. The number of hydrogen-bond donors (Lipinski definition) is 1. The van der Waals surface area contributed by atoms with E-state index in [9.17, 15) is 10.1 Å². The van der Waals surface area contributed by atoms with Gasteiger partial charge in [-0.05, 0) is 30.7 Å². The molecule has 4 rings (SSSR count). The summed E-state index contributed by atoms with van der Waals surface area (Å²) in [6.07, 6.45) is -0.176. The van der Waals surface area contributed by atoms with Crippen LogP contribution in [0, 0.1) is 10.1 Å². The minimum Gasteiger partial charge on any atom is -0.481 e. The number of nitrogens with one attached hydrogen (secondary N) is 1. The Hall–Kier alpha value is -2.80. The van der Waals surface area contributed by atoms with Crippen LogP contribution in [0.25, 0.3) is 0 Å². The standard InChI is InChI=1S/C19H19ClN4O3/c1-3-27-19-16(11-4-7-13(8-5-11)24(25)26)17-18(22-19)21-14-9-6-12(20)10-15(14)23(17)2/h4-10,16-18,21H,3H2,1-2H3/t16-,17-,18+/m1/s1. The van der Waals surface area contributed by atoms with Gasteiger partial charge in [0.1, 0.15) is 6.17 Å². The molecular weight excluding hydrogens is 368 g/mol. The fourth-order valence-electron chi connectivity index (χ4n) is 3.83. The average Bonchev–Trinajstić information content (AvgIpc) is 3.01. The summed E-state index contributed by atoms with van der Waals surface area (Å²) < 4.78 is 5.83. The maximum absolute atomic E-state index is 11.0. The molecule has 0 aliphatic carbocycles. The molecule has 0 radical (unpaired) electrons. The lowest BCUT2D eigenvalue weighted by molar-refractivity contribution is -0.384. The van der Waals surface area contributed by atoms with Crippen LogP contribution >= 0.6 is 11.6 Å². The highest BCUT2D eigenvalue weighted by Gasteiger charge is 2.46. The number of halogens is 1. The first-order valence-electron chi connectivity index (χ1n) is 8.73. The van der Waals surface area contributed by atoms with Crippen LogP contribution in [-0.2, 0) is 4.74 Å². The van der Waals surface area contributed by atoms with E-state index in [4.69, 9.17) is 21.3 Å². The number of nitrogens with zero attached hydrogens (tertiary/aromatic N) is 3. The molecule has 1 N–H and O–H groups in total. The van der Waals surface area contributed by atoms with Crippen LogP contribution in [-0.4, -0.2) is 36.7 Å². The van der Waals surface area contributed by atoms with Gasteiger partial charge < -0.3 is 15.0 Å². The zero-order chi connectivity index (χ0) is 19.1. The number of aliphatic imine (C=N–C) groups is 1. The van der Waals surface area contributed by atoms with Crippen LogP contribution in [0.4, 0.5) is 17.1 Å². The number of non-ortho nitro benzene ring substituents is 1. The predicted molar refractivity (Wildman–Crippen MR) is 106 cm³/mol. The molecule has 2 aromatic rings. The van der Waals surface area contributed by atoms with Crippen LogP contribution in [0.2, 0.25) is 5.02 Å². The Morgan fingerprint density at radius 3 is 2.70 bits per heavy atom. The molecule has 0 bridgehead atoms. The third-order valence-corrected chi connectivity index (χ3v) is 5.28. The quantitative estimate of drug-likeness (QED) is 0.636. The zero-order valence-electron chi connectivity index (χ0n) is 14.9. The summed E-state index contributed by atoms with van der Waals surface area (Å²) in [5, 5.41) is 15.1. The van der Waals surface area contributed by atoms with Gasteiger partial charge in [-0.1, -0.05) is 23.7 Å². The predicted octanol–water partition coefficient (Wildman–Crippen LogP) is 4.04. The minimum absolute atomic E-state index is 0.0287. The second-order valence-electron chi connectivity index (χ2n) is 6.58. The van der Waals surface area contributed by atoms with Crippen LogP contribution in [0.3, 0.4) is 0 Å². The van der Waals surface area contributed by atoms with Gasteiger partial charge in [0.05, 0.1) is 34.9 Å². The molecule has 8 heteroatoms. The smallest absolute Gasteiger partial charge is 0.269 e. The van der Waals surface area contributed by atoms with E-state index >= 15 is 0 Å². The van der Waals surface area contributed by atoms with Crippen molar-refractivity contribution < 1.29 is 9.66 Å². The summed E-state index contributed by atoms with van der Waals surface area (Å²) in [6, 6.07) is 12.3. The van der Waals surface area contributed by atoms with Gasteiger partial charge in [-0.2, -0.15) is 0 Å². The average molecular weight is 387 g/mol. The Labute approximate surface area is 161 Å². The van der Waals surface area contributed by atoms with Crippen molar-refractivity contribution in [3.05, 3.63) is 63.2 Å². The molecule has 3 atom stereocenters. The minimum atomic E-state index is -0.398. The third kappa shape index (κ3) is 2.98. The molecule has 2 aromatic carbocycles. The van der Waals surface area contributed by atoms with Crippen molar-refractivity contribution in [2.45, 2.75) is 25.0 Å². The monoisotopic (exact) mass is 386 g/mol. The Kier molecular flexibility index (Phi) is 4.39. The third-order valence-electron chi connectivity index (χ3n) is 5.04. The highest BCUT2D eigenvalue weighted by atomic mass is 35.5. The number of nitro groups is 1. The van der Waals surface area contributed by atoms with Crippen LogP contribution in [0.5, 0.6) is 0 Å². The summed E-state index contributed by atoms with van der Waals surface area (Å²) in [5.74, 6) is 0.500. The first-order valence-corrected chi connectivity index (χ1v) is 9.11. The van der Waals surface area contributed by atoms with E-state index < -0.39 is 4.92 Å². The van der Waals surface area contributed by atoms with Crippen LogP contribution in [0.15, 0.2) is 47.5 Å². The molecule has 27 heavy (non-hydrogen) atoms. The molecule has 0 saturated carbocycles. The van der Waals surface area contributed by atoms with Gasteiger partial charge in [0.2, 0.25) is 0 Å². The molecule has 0 saturated heterocycles. The van der Waals surface area contributed by atoms with Crippen LogP contribution in [0.1, 0.15) is 18.4 Å². The number of hydrogen-bond acceptors (Lipinski definition) is 6. The molecule has 0 unspecified atom stereocenters. The number of rotatable bonds is 3. The molecule has 0 amide bonds. The lowest BCUT2D eigenvalue weighted by Gasteiger charge is -2.40. The summed E-state index contributed by atoms with van der Waals surface area (Å²) in [4.78, 5) is 17.5. The van der Waals surface area contributed by atoms with Crippen LogP contribution < -0.4 is 10.2 Å². The van der Waals surface area contributed by atoms with Crippen molar-refractivity contribution in [2.75, 3.05) is 23.9 Å². The number of likely N-dealkylation sites (N-methyl/N-ethyl adjacent to an activating group) is 1. The Bertz CT molecular complexity index is 916. The number of nitro benzene ring substituents is 1. The van der Waals surface area contributed by atoms with E-state index in [-0.39, 0.29) is 23.8 Å². The van der Waals surface area contributed by atoms with Gasteiger partial charge in [-0.25, -0.2) is 4.99 Å². The van der Waals surface area contributed by atoms with Crippen molar-refractivity contribution in [3.63, 3.8) is 0 Å². The first kappa shape index (κ1) is 17.6. The van der Waals surface area contributed by atoms with Gasteiger partial charge in [-0.3, -0.25) is 10.1 Å². The van der Waals surface area contributed by atoms with E-state index in [1.807, 2.05) is 32.2 Å². The van der Waals surface area contributed by atoms with Crippen molar-refractivity contribution in [1.29, 1.82) is 0 Å². The van der Waals surface area contributed by atoms with Gasteiger partial charge in [0.25, 0.3) is 5.69 Å². The van der Waals surface area contributed by atoms with Crippen molar-refractivity contribution in [1.82, 2.24) is 0 Å². The van der Waals surface area contributed by atoms with E-state index in [2.05, 4.69) is 10.2 Å². The molecule has 0 spiro atoms. The maximum Gasteiger partial charge on any atom is 0.269 e. The van der Waals surface area contributed by atoms with E-state index in [1.165, 1.54) is 12.1 Å². The van der Waals surface area contributed by atoms with E-state index in [0.29, 0.717) is 17.5 Å². The molecule has 140 valence electrons. The Morgan fingerprint density at radius 1 is 1.30 bits per heavy atom. The first-order chi connectivity index (χ1) is 13.0. The normalized spacial score (nSPS) is 23.1. The van der Waals surface area contributed by atoms with Crippen molar-refractivity contribution >= 4 is 34.6 Å². The van der Waals surface area contributed by atoms with Gasteiger partial charge in [0, 0.05) is 24.2 Å². The van der Waals surface area contributed by atoms with Crippen molar-refractivity contribution in [2.24, 2.45) is 4.99 Å². The lowest BCUT2D eigenvalue weighted by atomic mass is 9.89. The molecule has 2 aliphatic rings. The zero-order valence-corrected chi connectivity index (χ0v) is 15.7. The lowest BCUT2D eigenvalue weighted by Crippen LogP contribution is -2.49. The number of anilines is 2. The number of fused-ring (bicyclic) bond motifs is 2. The molecular formula is C19H19ClN4O3. The van der Waals surface area contributed by atoms with E-state index in [1.54, 1.807) is 12.1 Å². The molecule has 2 aliphatic heterocycles. The van der Waals surface area contributed by atoms with Crippen molar-refractivity contribution in [3.8, 4) is 0 Å². The second-order valence-corrected chi connectivity index (χ2v) is 7.02. The van der Waals surface area contributed by atoms with Gasteiger partial charge in [-0.15, -0.1) is 0 Å². The van der Waals surface area contributed by atoms with E-state index in [0.717, 1.165) is 16.9 Å². The molecule has 0 aromatic heterocycles. The number of benzene rings is 2. The van der Waals surface area contributed by atoms with Gasteiger partial charge in [0.15, 0.2) is 5.90 Å². The Morgan fingerprint density at radius 2 is 2.04 bits per heavy atom. The summed E-state index contributed by atoms with van der Waals surface area (Å²) in [7, 11) is 2.01. The fraction of sp³-hybridized carbons (Fsp3) is 0.316.